The molecule has 4 nitrogen and oxygen atoms in total. The molecule has 0 atom stereocenters. The largest absolute Gasteiger partial charge is 0.360 e. The summed E-state index contributed by atoms with van der Waals surface area (Å²) in [6.07, 6.45) is 2.63. The monoisotopic (exact) mass is 354 g/mol. The van der Waals surface area contributed by atoms with E-state index in [9.17, 15) is 4.79 Å². The maximum atomic E-state index is 11.0. The highest BCUT2D eigenvalue weighted by atomic mass is 79.9. The number of fused-ring (bicyclic) bond motifs is 1. The Balaban J connectivity index is 2.09. The van der Waals surface area contributed by atoms with E-state index in [4.69, 9.17) is 4.74 Å². The summed E-state index contributed by atoms with van der Waals surface area (Å²) in [5, 5.41) is 5.31. The molecular formula is C14H19BrN2O2Si. The zero-order valence-electron chi connectivity index (χ0n) is 12.0. The van der Waals surface area contributed by atoms with Crippen molar-refractivity contribution < 1.29 is 9.53 Å². The van der Waals surface area contributed by atoms with Crippen LogP contribution in [0.5, 0.6) is 0 Å². The van der Waals surface area contributed by atoms with Gasteiger partial charge in [0.25, 0.3) is 0 Å². The van der Waals surface area contributed by atoms with Gasteiger partial charge in [-0.15, -0.1) is 0 Å². The van der Waals surface area contributed by atoms with Gasteiger partial charge in [-0.1, -0.05) is 35.6 Å². The van der Waals surface area contributed by atoms with Crippen LogP contribution in [-0.2, 0) is 11.5 Å². The molecule has 2 rings (SSSR count). The Kier molecular flexibility index (Phi) is 4.77. The third kappa shape index (κ3) is 3.77. The van der Waals surface area contributed by atoms with Crippen LogP contribution in [-0.4, -0.2) is 30.7 Å². The van der Waals surface area contributed by atoms with Gasteiger partial charge in [-0.05, 0) is 18.2 Å². The van der Waals surface area contributed by atoms with Gasteiger partial charge in [0.15, 0.2) is 6.29 Å². The Morgan fingerprint density at radius 1 is 1.40 bits per heavy atom. The number of benzene rings is 1. The molecule has 1 heterocycles. The average molecular weight is 355 g/mol. The first kappa shape index (κ1) is 15.4. The number of rotatable bonds is 6. The number of aldehydes is 1. The van der Waals surface area contributed by atoms with Gasteiger partial charge in [0.1, 0.15) is 6.73 Å². The van der Waals surface area contributed by atoms with Crippen molar-refractivity contribution in [1.82, 2.24) is 9.78 Å². The van der Waals surface area contributed by atoms with E-state index in [2.05, 4.69) is 40.7 Å². The van der Waals surface area contributed by atoms with Gasteiger partial charge in [0.05, 0.1) is 11.7 Å². The van der Waals surface area contributed by atoms with Gasteiger partial charge in [0, 0.05) is 30.1 Å². The molecule has 0 saturated carbocycles. The first-order valence-electron chi connectivity index (χ1n) is 6.59. The molecule has 1 aromatic carbocycles. The molecule has 0 N–H and O–H groups in total. The van der Waals surface area contributed by atoms with Crippen molar-refractivity contribution in [3.8, 4) is 0 Å². The lowest BCUT2D eigenvalue weighted by atomic mass is 10.2. The van der Waals surface area contributed by atoms with Crippen LogP contribution < -0.4 is 0 Å². The van der Waals surface area contributed by atoms with Crippen molar-refractivity contribution in [3.05, 3.63) is 28.4 Å². The van der Waals surface area contributed by atoms with Crippen molar-refractivity contribution in [2.24, 2.45) is 0 Å². The topological polar surface area (TPSA) is 44.1 Å². The molecule has 0 bridgehead atoms. The summed E-state index contributed by atoms with van der Waals surface area (Å²) in [5.74, 6) is 0. The molecule has 0 aliphatic carbocycles. The van der Waals surface area contributed by atoms with Crippen LogP contribution in [0, 0.1) is 0 Å². The van der Waals surface area contributed by atoms with Crippen molar-refractivity contribution in [3.63, 3.8) is 0 Å². The van der Waals surface area contributed by atoms with Crippen LogP contribution in [0.2, 0.25) is 25.7 Å². The second-order valence-electron chi connectivity index (χ2n) is 6.04. The maximum absolute atomic E-state index is 11.0. The summed E-state index contributed by atoms with van der Waals surface area (Å²) in [7, 11) is -1.06. The minimum Gasteiger partial charge on any atom is -0.360 e. The number of hydrogen-bond acceptors (Lipinski definition) is 3. The summed E-state index contributed by atoms with van der Waals surface area (Å²) in [6, 6.07) is 4.88. The highest BCUT2D eigenvalue weighted by Gasteiger charge is 2.12. The molecule has 0 saturated heterocycles. The summed E-state index contributed by atoms with van der Waals surface area (Å²) >= 11 is 3.38. The lowest BCUT2D eigenvalue weighted by Crippen LogP contribution is -2.22. The fourth-order valence-corrected chi connectivity index (χ4v) is 3.05. The standard InChI is InChI=1S/C14H19BrN2O2Si/c1-20(2,3)5-4-19-10-17-14-7-12(9-18)13(15)6-11(14)8-16-17/h6-9H,4-5,10H2,1-3H3. The molecule has 108 valence electrons. The van der Waals surface area contributed by atoms with E-state index in [1.807, 2.05) is 12.1 Å². The second kappa shape index (κ2) is 6.20. The minimum absolute atomic E-state index is 0.425. The zero-order valence-corrected chi connectivity index (χ0v) is 14.6. The molecule has 0 unspecified atom stereocenters. The number of ether oxygens (including phenoxy) is 1. The molecule has 0 aliphatic heterocycles. The normalized spacial score (nSPS) is 12.0. The van der Waals surface area contributed by atoms with E-state index in [-0.39, 0.29) is 0 Å². The van der Waals surface area contributed by atoms with Crippen LogP contribution in [0.1, 0.15) is 10.4 Å². The smallest absolute Gasteiger partial charge is 0.151 e. The van der Waals surface area contributed by atoms with Gasteiger partial charge in [0.2, 0.25) is 0 Å². The van der Waals surface area contributed by atoms with Gasteiger partial charge >= 0.3 is 0 Å². The van der Waals surface area contributed by atoms with Gasteiger partial charge in [-0.25, -0.2) is 4.68 Å². The third-order valence-corrected chi connectivity index (χ3v) is 5.49. The fourth-order valence-electron chi connectivity index (χ4n) is 1.84. The Bertz CT molecular complexity index is 619. The number of carbonyl (C=O) groups excluding carboxylic acids is 1. The molecular weight excluding hydrogens is 336 g/mol. The minimum atomic E-state index is -1.06. The molecule has 1 aromatic heterocycles. The third-order valence-electron chi connectivity index (χ3n) is 3.10. The zero-order chi connectivity index (χ0) is 14.8. The number of halogens is 1. The quantitative estimate of drug-likeness (QED) is 0.448. The van der Waals surface area contributed by atoms with Crippen LogP contribution in [0.3, 0.4) is 0 Å². The van der Waals surface area contributed by atoms with Gasteiger partial charge < -0.3 is 4.74 Å². The van der Waals surface area contributed by atoms with Crippen LogP contribution in [0.25, 0.3) is 10.9 Å². The van der Waals surface area contributed by atoms with E-state index < -0.39 is 8.07 Å². The number of carbonyl (C=O) groups is 1. The lowest BCUT2D eigenvalue weighted by Gasteiger charge is -2.15. The lowest BCUT2D eigenvalue weighted by molar-refractivity contribution is 0.0817. The van der Waals surface area contributed by atoms with E-state index in [1.165, 1.54) is 0 Å². The second-order valence-corrected chi connectivity index (χ2v) is 12.5. The van der Waals surface area contributed by atoms with Crippen LogP contribution in [0.4, 0.5) is 0 Å². The molecule has 0 aliphatic rings. The van der Waals surface area contributed by atoms with Crippen LogP contribution in [0.15, 0.2) is 22.8 Å². The SMILES string of the molecule is C[Si](C)(C)CCOCn1ncc2cc(Br)c(C=O)cc21. The van der Waals surface area contributed by atoms with Gasteiger partial charge in [-0.2, -0.15) is 5.10 Å². The molecule has 6 heteroatoms. The van der Waals surface area contributed by atoms with Crippen LogP contribution >= 0.6 is 15.9 Å². The van der Waals surface area contributed by atoms with E-state index in [0.29, 0.717) is 12.3 Å². The molecule has 0 radical (unpaired) electrons. The van der Waals surface area contributed by atoms with Crippen molar-refractivity contribution in [1.29, 1.82) is 0 Å². The fraction of sp³-hybridized carbons (Fsp3) is 0.429. The molecule has 2 aromatic rings. The summed E-state index contributed by atoms with van der Waals surface area (Å²) < 4.78 is 8.28. The van der Waals surface area contributed by atoms with E-state index >= 15 is 0 Å². The molecule has 0 amide bonds. The predicted octanol–water partition coefficient (Wildman–Crippen LogP) is 3.92. The Morgan fingerprint density at radius 3 is 2.80 bits per heavy atom. The summed E-state index contributed by atoms with van der Waals surface area (Å²) in [4.78, 5) is 11.0. The van der Waals surface area contributed by atoms with Crippen molar-refractivity contribution in [2.45, 2.75) is 32.4 Å². The van der Waals surface area contributed by atoms with Crippen molar-refractivity contribution in [2.75, 3.05) is 6.61 Å². The maximum Gasteiger partial charge on any atom is 0.151 e. The first-order chi connectivity index (χ1) is 9.40. The molecule has 20 heavy (non-hydrogen) atoms. The highest BCUT2D eigenvalue weighted by Crippen LogP contribution is 2.23. The molecule has 0 fully saturated rings. The Labute approximate surface area is 128 Å². The van der Waals surface area contributed by atoms with E-state index in [1.54, 1.807) is 10.9 Å². The molecule has 0 spiro atoms. The number of aromatic nitrogens is 2. The summed E-state index contributed by atoms with van der Waals surface area (Å²) in [6.45, 7) is 8.16. The van der Waals surface area contributed by atoms with E-state index in [0.717, 1.165) is 34.3 Å². The predicted molar refractivity (Wildman–Crippen MR) is 86.9 cm³/mol. The summed E-state index contributed by atoms with van der Waals surface area (Å²) in [5.41, 5.74) is 1.55. The average Bonchev–Trinajstić information content (AvgIpc) is 2.74. The van der Waals surface area contributed by atoms with Crippen molar-refractivity contribution >= 4 is 41.2 Å². The number of hydrogen-bond donors (Lipinski definition) is 0. The highest BCUT2D eigenvalue weighted by molar-refractivity contribution is 9.10. The number of nitrogens with zero attached hydrogens (tertiary/aromatic N) is 2. The Morgan fingerprint density at radius 2 is 2.15 bits per heavy atom. The first-order valence-corrected chi connectivity index (χ1v) is 11.1. The van der Waals surface area contributed by atoms with Gasteiger partial charge in [-0.3, -0.25) is 4.79 Å². The Hall–Kier alpha value is -0.983.